The van der Waals surface area contributed by atoms with Gasteiger partial charge in [-0.25, -0.2) is 0 Å². The van der Waals surface area contributed by atoms with Crippen LogP contribution in [0.15, 0.2) is 42.6 Å². The lowest BCUT2D eigenvalue weighted by Gasteiger charge is -2.34. The van der Waals surface area contributed by atoms with Crippen LogP contribution in [0.1, 0.15) is 24.8 Å². The van der Waals surface area contributed by atoms with Gasteiger partial charge in [-0.15, -0.1) is 0 Å². The van der Waals surface area contributed by atoms with Gasteiger partial charge in [-0.3, -0.25) is 9.78 Å². The minimum absolute atomic E-state index is 0.0445. The maximum Gasteiger partial charge on any atom is 0.246 e. The molecule has 114 valence electrons. The second-order valence-electron chi connectivity index (χ2n) is 5.67. The zero-order valence-electron chi connectivity index (χ0n) is 12.6. The maximum absolute atomic E-state index is 12.4. The number of carbonyl (C=O) groups is 1. The number of fused-ring (bicyclic) bond motifs is 1. The summed E-state index contributed by atoms with van der Waals surface area (Å²) in [6.45, 7) is 1.34. The molecule has 1 amide bonds. The van der Waals surface area contributed by atoms with Gasteiger partial charge in [0.2, 0.25) is 5.91 Å². The second-order valence-corrected chi connectivity index (χ2v) is 5.67. The van der Waals surface area contributed by atoms with Crippen molar-refractivity contribution in [3.8, 4) is 0 Å². The molecule has 1 aromatic heterocycles. The largest absolute Gasteiger partial charge is 0.335 e. The predicted molar refractivity (Wildman–Crippen MR) is 89.2 cm³/mol. The summed E-state index contributed by atoms with van der Waals surface area (Å²) in [7, 11) is 0. The van der Waals surface area contributed by atoms with E-state index >= 15 is 0 Å². The van der Waals surface area contributed by atoms with Gasteiger partial charge in [0, 0.05) is 42.4 Å². The van der Waals surface area contributed by atoms with E-state index in [4.69, 9.17) is 5.73 Å². The molecule has 1 aliphatic heterocycles. The predicted octanol–water partition coefficient (Wildman–Crippen LogP) is 2.59. The molecule has 1 aromatic carbocycles. The normalized spacial score (nSPS) is 19.0. The summed E-state index contributed by atoms with van der Waals surface area (Å²) in [5, 5.41) is 1.08. The van der Waals surface area contributed by atoms with Crippen molar-refractivity contribution < 1.29 is 4.79 Å². The fourth-order valence-electron chi connectivity index (χ4n) is 3.05. The Hall–Kier alpha value is -2.20. The van der Waals surface area contributed by atoms with E-state index in [0.717, 1.165) is 42.3 Å². The molecule has 1 aliphatic rings. The van der Waals surface area contributed by atoms with Gasteiger partial charge < -0.3 is 10.6 Å². The summed E-state index contributed by atoms with van der Waals surface area (Å²) in [4.78, 5) is 18.7. The zero-order chi connectivity index (χ0) is 15.4. The summed E-state index contributed by atoms with van der Waals surface area (Å²) in [6, 6.07) is 10.1. The number of para-hydroxylation sites is 1. The molecule has 0 spiro atoms. The first-order valence-corrected chi connectivity index (χ1v) is 7.82. The molecule has 1 saturated heterocycles. The number of likely N-dealkylation sites (tertiary alicyclic amines) is 1. The van der Waals surface area contributed by atoms with E-state index in [1.165, 1.54) is 0 Å². The van der Waals surface area contributed by atoms with Crippen LogP contribution < -0.4 is 5.73 Å². The minimum atomic E-state index is 0.0445. The highest BCUT2D eigenvalue weighted by atomic mass is 16.2. The van der Waals surface area contributed by atoms with Crippen molar-refractivity contribution in [3.63, 3.8) is 0 Å². The van der Waals surface area contributed by atoms with Crippen molar-refractivity contribution in [2.75, 3.05) is 13.1 Å². The highest BCUT2D eigenvalue weighted by Crippen LogP contribution is 2.19. The van der Waals surface area contributed by atoms with Gasteiger partial charge in [-0.2, -0.15) is 0 Å². The summed E-state index contributed by atoms with van der Waals surface area (Å²) in [5.41, 5.74) is 7.67. The topological polar surface area (TPSA) is 59.2 Å². The number of carbonyl (C=O) groups excluding carboxylic acids is 1. The van der Waals surface area contributed by atoms with E-state index in [-0.39, 0.29) is 11.9 Å². The molecule has 0 aliphatic carbocycles. The number of nitrogens with zero attached hydrogens (tertiary/aromatic N) is 2. The molecular formula is C18H21N3O. The Labute approximate surface area is 130 Å². The lowest BCUT2D eigenvalue weighted by Crippen LogP contribution is -2.46. The van der Waals surface area contributed by atoms with Crippen LogP contribution in [0.2, 0.25) is 0 Å². The molecule has 22 heavy (non-hydrogen) atoms. The highest BCUT2D eigenvalue weighted by molar-refractivity contribution is 5.95. The molecular weight excluding hydrogens is 274 g/mol. The molecule has 2 heterocycles. The van der Waals surface area contributed by atoms with E-state index < -0.39 is 0 Å². The third-order valence-corrected chi connectivity index (χ3v) is 4.25. The quantitative estimate of drug-likeness (QED) is 0.885. The van der Waals surface area contributed by atoms with E-state index in [1.807, 2.05) is 41.3 Å². The molecule has 1 unspecified atom stereocenters. The second kappa shape index (κ2) is 6.71. The first kappa shape index (κ1) is 14.7. The van der Waals surface area contributed by atoms with Crippen LogP contribution in [0.5, 0.6) is 0 Å². The third-order valence-electron chi connectivity index (χ3n) is 4.25. The molecule has 1 atom stereocenters. The average molecular weight is 295 g/mol. The number of hydrogen-bond acceptors (Lipinski definition) is 3. The summed E-state index contributed by atoms with van der Waals surface area (Å²) in [6.07, 6.45) is 8.51. The molecule has 1 fully saturated rings. The van der Waals surface area contributed by atoms with Gasteiger partial charge in [0.1, 0.15) is 0 Å². The van der Waals surface area contributed by atoms with Crippen LogP contribution >= 0.6 is 0 Å². The SMILES string of the molecule is NCC1CCCCN1C(=O)/C=C/c1cccc2cccnc12. The molecule has 2 aromatic rings. The first-order valence-electron chi connectivity index (χ1n) is 7.82. The summed E-state index contributed by atoms with van der Waals surface area (Å²) >= 11 is 0. The lowest BCUT2D eigenvalue weighted by atomic mass is 10.0. The zero-order valence-corrected chi connectivity index (χ0v) is 12.6. The standard InChI is InChI=1S/C18H21N3O/c19-13-16-8-1-2-12-21(16)17(22)10-9-15-6-3-5-14-7-4-11-20-18(14)15/h3-7,9-11,16H,1-2,8,12-13,19H2/b10-9+. The number of benzene rings is 1. The van der Waals surface area contributed by atoms with Gasteiger partial charge in [0.05, 0.1) is 5.52 Å². The monoisotopic (exact) mass is 295 g/mol. The van der Waals surface area contributed by atoms with Crippen molar-refractivity contribution in [2.24, 2.45) is 5.73 Å². The van der Waals surface area contributed by atoms with Gasteiger partial charge >= 0.3 is 0 Å². The van der Waals surface area contributed by atoms with Crippen LogP contribution in [0.25, 0.3) is 17.0 Å². The third kappa shape index (κ3) is 3.02. The van der Waals surface area contributed by atoms with Gasteiger partial charge in [-0.05, 0) is 31.4 Å². The van der Waals surface area contributed by atoms with Crippen molar-refractivity contribution >= 4 is 22.9 Å². The number of nitrogens with two attached hydrogens (primary N) is 1. The molecule has 3 rings (SSSR count). The Morgan fingerprint density at radius 1 is 1.32 bits per heavy atom. The van der Waals surface area contributed by atoms with Crippen molar-refractivity contribution in [1.82, 2.24) is 9.88 Å². The average Bonchev–Trinajstić information content (AvgIpc) is 2.59. The Balaban J connectivity index is 1.81. The highest BCUT2D eigenvalue weighted by Gasteiger charge is 2.23. The Bertz CT molecular complexity index is 690. The number of piperidine rings is 1. The Kier molecular flexibility index (Phi) is 4.49. The number of pyridine rings is 1. The van der Waals surface area contributed by atoms with Crippen LogP contribution in [-0.4, -0.2) is 34.9 Å². The van der Waals surface area contributed by atoms with E-state index in [1.54, 1.807) is 12.3 Å². The first-order chi connectivity index (χ1) is 10.8. The Morgan fingerprint density at radius 3 is 3.05 bits per heavy atom. The summed E-state index contributed by atoms with van der Waals surface area (Å²) < 4.78 is 0. The van der Waals surface area contributed by atoms with E-state index in [0.29, 0.717) is 6.54 Å². The van der Waals surface area contributed by atoms with Gasteiger partial charge in [-0.1, -0.05) is 24.3 Å². The molecule has 0 radical (unpaired) electrons. The molecule has 0 saturated carbocycles. The smallest absolute Gasteiger partial charge is 0.246 e. The number of amides is 1. The molecule has 2 N–H and O–H groups in total. The molecule has 0 bridgehead atoms. The maximum atomic E-state index is 12.4. The van der Waals surface area contributed by atoms with Gasteiger partial charge in [0.25, 0.3) is 0 Å². The van der Waals surface area contributed by atoms with Crippen LogP contribution in [0.3, 0.4) is 0 Å². The number of rotatable bonds is 3. The number of hydrogen-bond donors (Lipinski definition) is 1. The number of aromatic nitrogens is 1. The van der Waals surface area contributed by atoms with E-state index in [2.05, 4.69) is 4.98 Å². The molecule has 4 heteroatoms. The summed E-state index contributed by atoms with van der Waals surface area (Å²) in [5.74, 6) is 0.0445. The van der Waals surface area contributed by atoms with Crippen molar-refractivity contribution in [3.05, 3.63) is 48.2 Å². The van der Waals surface area contributed by atoms with Crippen molar-refractivity contribution in [1.29, 1.82) is 0 Å². The van der Waals surface area contributed by atoms with E-state index in [9.17, 15) is 4.79 Å². The van der Waals surface area contributed by atoms with Crippen molar-refractivity contribution in [2.45, 2.75) is 25.3 Å². The van der Waals surface area contributed by atoms with Crippen LogP contribution in [-0.2, 0) is 4.79 Å². The van der Waals surface area contributed by atoms with Crippen LogP contribution in [0, 0.1) is 0 Å². The van der Waals surface area contributed by atoms with Crippen LogP contribution in [0.4, 0.5) is 0 Å². The fraction of sp³-hybridized carbons (Fsp3) is 0.333. The fourth-order valence-corrected chi connectivity index (χ4v) is 3.05. The van der Waals surface area contributed by atoms with Gasteiger partial charge in [0.15, 0.2) is 0 Å². The Morgan fingerprint density at radius 2 is 2.18 bits per heavy atom. The minimum Gasteiger partial charge on any atom is -0.335 e. The molecule has 4 nitrogen and oxygen atoms in total. The lowest BCUT2D eigenvalue weighted by molar-refractivity contribution is -0.129.